The fourth-order valence-electron chi connectivity index (χ4n) is 3.96. The number of hydrogen-bond donors (Lipinski definition) is 0. The molecule has 0 saturated carbocycles. The van der Waals surface area contributed by atoms with Crippen LogP contribution in [0.2, 0.25) is 0 Å². The van der Waals surface area contributed by atoms with E-state index in [-0.39, 0.29) is 17.9 Å². The average Bonchev–Trinajstić information content (AvgIpc) is 3.19. The molecular weight excluding hydrogens is 440 g/mol. The lowest BCUT2D eigenvalue weighted by Gasteiger charge is -2.12. The van der Waals surface area contributed by atoms with Crippen molar-refractivity contribution >= 4 is 11.9 Å². The van der Waals surface area contributed by atoms with Crippen LogP contribution < -0.4 is 0 Å². The Morgan fingerprint density at radius 1 is 0.676 bits per heavy atom. The van der Waals surface area contributed by atoms with Crippen molar-refractivity contribution in [2.75, 3.05) is 14.2 Å². The molecule has 5 nitrogen and oxygen atoms in total. The number of methoxy groups -OCH3 is 2. The first-order chi connectivity index (χ1) is 16.4. The van der Waals surface area contributed by atoms with Gasteiger partial charge in [-0.2, -0.15) is 0 Å². The summed E-state index contributed by atoms with van der Waals surface area (Å²) in [5.74, 6) is -2.28. The zero-order valence-electron chi connectivity index (χ0n) is 18.5. The standard InChI is InChI=1S/C27H21F2NO4/c1-33-26(31)24-22(18-8-12-20(28)13-9-18)23(19-10-14-21(29)15-11-19)25(27(32)34-2)30(24)16-17-6-4-3-5-7-17/h3-15H,16H2,1-2H3. The quantitative estimate of drug-likeness (QED) is 0.345. The van der Waals surface area contributed by atoms with E-state index in [1.807, 2.05) is 30.3 Å². The fraction of sp³-hybridized carbons (Fsp3) is 0.111. The summed E-state index contributed by atoms with van der Waals surface area (Å²) in [7, 11) is 2.48. The molecule has 0 radical (unpaired) electrons. The van der Waals surface area contributed by atoms with Gasteiger partial charge in [0.15, 0.2) is 0 Å². The van der Waals surface area contributed by atoms with Gasteiger partial charge in [-0.1, -0.05) is 54.6 Å². The number of nitrogens with zero attached hydrogens (tertiary/aromatic N) is 1. The summed E-state index contributed by atoms with van der Waals surface area (Å²) >= 11 is 0. The number of benzene rings is 3. The Labute approximate surface area is 195 Å². The van der Waals surface area contributed by atoms with Crippen molar-refractivity contribution < 1.29 is 27.8 Å². The van der Waals surface area contributed by atoms with Gasteiger partial charge >= 0.3 is 11.9 Å². The number of hydrogen-bond acceptors (Lipinski definition) is 4. The number of esters is 2. The number of aromatic nitrogens is 1. The van der Waals surface area contributed by atoms with Gasteiger partial charge in [-0.15, -0.1) is 0 Å². The molecule has 0 amide bonds. The first-order valence-corrected chi connectivity index (χ1v) is 10.4. The Morgan fingerprint density at radius 2 is 1.09 bits per heavy atom. The topological polar surface area (TPSA) is 57.5 Å². The number of carbonyl (C=O) groups is 2. The third kappa shape index (κ3) is 4.32. The average molecular weight is 461 g/mol. The van der Waals surface area contributed by atoms with Gasteiger partial charge in [0.05, 0.1) is 14.2 Å². The van der Waals surface area contributed by atoms with Gasteiger partial charge in [-0.3, -0.25) is 0 Å². The molecule has 0 N–H and O–H groups in total. The monoisotopic (exact) mass is 461 g/mol. The summed E-state index contributed by atoms with van der Waals surface area (Å²) in [4.78, 5) is 26.2. The minimum atomic E-state index is -0.686. The number of halogens is 2. The van der Waals surface area contributed by atoms with E-state index in [1.165, 1.54) is 67.3 Å². The molecular formula is C27H21F2NO4. The second kappa shape index (κ2) is 9.70. The normalized spacial score (nSPS) is 10.7. The molecule has 0 spiro atoms. The van der Waals surface area contributed by atoms with Crippen LogP contribution in [0.15, 0.2) is 78.9 Å². The van der Waals surface area contributed by atoms with Crippen molar-refractivity contribution in [2.45, 2.75) is 6.54 Å². The second-order valence-corrected chi connectivity index (χ2v) is 7.52. The van der Waals surface area contributed by atoms with E-state index in [2.05, 4.69) is 0 Å². The van der Waals surface area contributed by atoms with E-state index in [4.69, 9.17) is 9.47 Å². The third-order valence-corrected chi connectivity index (χ3v) is 5.47. The van der Waals surface area contributed by atoms with Crippen LogP contribution in [0.3, 0.4) is 0 Å². The van der Waals surface area contributed by atoms with Gasteiger partial charge in [-0.05, 0) is 41.0 Å². The van der Waals surface area contributed by atoms with Crippen molar-refractivity contribution in [3.05, 3.63) is 107 Å². The van der Waals surface area contributed by atoms with Crippen LogP contribution >= 0.6 is 0 Å². The van der Waals surface area contributed by atoms with Gasteiger partial charge in [0.2, 0.25) is 0 Å². The maximum Gasteiger partial charge on any atom is 0.355 e. The highest BCUT2D eigenvalue weighted by Crippen LogP contribution is 2.41. The summed E-state index contributed by atoms with van der Waals surface area (Å²) in [5, 5.41) is 0. The van der Waals surface area contributed by atoms with Crippen molar-refractivity contribution in [1.82, 2.24) is 4.57 Å². The van der Waals surface area contributed by atoms with E-state index in [1.54, 1.807) is 0 Å². The molecule has 0 unspecified atom stereocenters. The van der Waals surface area contributed by atoms with Crippen LogP contribution in [0.4, 0.5) is 8.78 Å². The molecule has 172 valence electrons. The molecule has 1 aromatic heterocycles. The van der Waals surface area contributed by atoms with Crippen LogP contribution in [-0.4, -0.2) is 30.7 Å². The fourth-order valence-corrected chi connectivity index (χ4v) is 3.96. The highest BCUT2D eigenvalue weighted by atomic mass is 19.1. The lowest BCUT2D eigenvalue weighted by Crippen LogP contribution is -2.18. The zero-order valence-corrected chi connectivity index (χ0v) is 18.5. The Balaban J connectivity index is 2.14. The molecule has 0 bridgehead atoms. The summed E-state index contributed by atoms with van der Waals surface area (Å²) in [5.41, 5.74) is 2.69. The molecule has 4 aromatic rings. The van der Waals surface area contributed by atoms with Crippen LogP contribution in [0.1, 0.15) is 26.5 Å². The highest BCUT2D eigenvalue weighted by molar-refractivity contribution is 6.09. The predicted molar refractivity (Wildman–Crippen MR) is 123 cm³/mol. The van der Waals surface area contributed by atoms with Crippen molar-refractivity contribution in [3.63, 3.8) is 0 Å². The summed E-state index contributed by atoms with van der Waals surface area (Å²) in [6, 6.07) is 20.4. The minimum absolute atomic E-state index is 0.0951. The predicted octanol–water partition coefficient (Wildman–Crippen LogP) is 5.72. The van der Waals surface area contributed by atoms with Gasteiger partial charge in [0.25, 0.3) is 0 Å². The van der Waals surface area contributed by atoms with Crippen LogP contribution in [0.5, 0.6) is 0 Å². The minimum Gasteiger partial charge on any atom is -0.464 e. The SMILES string of the molecule is COC(=O)c1c(-c2ccc(F)cc2)c(-c2ccc(F)cc2)c(C(=O)OC)n1Cc1ccccc1. The second-order valence-electron chi connectivity index (χ2n) is 7.52. The number of carbonyl (C=O) groups excluding carboxylic acids is 2. The van der Waals surface area contributed by atoms with Gasteiger partial charge in [-0.25, -0.2) is 18.4 Å². The van der Waals surface area contributed by atoms with Crippen LogP contribution in [-0.2, 0) is 16.0 Å². The van der Waals surface area contributed by atoms with E-state index < -0.39 is 23.6 Å². The smallest absolute Gasteiger partial charge is 0.355 e. The van der Waals surface area contributed by atoms with Crippen molar-refractivity contribution in [2.24, 2.45) is 0 Å². The van der Waals surface area contributed by atoms with Gasteiger partial charge in [0, 0.05) is 17.7 Å². The third-order valence-electron chi connectivity index (χ3n) is 5.47. The Hall–Kier alpha value is -4.26. The van der Waals surface area contributed by atoms with Crippen molar-refractivity contribution in [1.29, 1.82) is 0 Å². The molecule has 3 aromatic carbocycles. The van der Waals surface area contributed by atoms with Crippen LogP contribution in [0.25, 0.3) is 22.3 Å². The van der Waals surface area contributed by atoms with E-state index in [0.29, 0.717) is 22.3 Å². The highest BCUT2D eigenvalue weighted by Gasteiger charge is 2.33. The maximum absolute atomic E-state index is 13.7. The molecule has 0 saturated heterocycles. The maximum atomic E-state index is 13.7. The molecule has 0 atom stereocenters. The van der Waals surface area contributed by atoms with E-state index in [9.17, 15) is 18.4 Å². The Kier molecular flexibility index (Phi) is 6.54. The van der Waals surface area contributed by atoms with Crippen LogP contribution in [0, 0.1) is 11.6 Å². The Bertz CT molecular complexity index is 1250. The molecule has 0 fully saturated rings. The molecule has 0 aliphatic carbocycles. The number of rotatable bonds is 6. The summed E-state index contributed by atoms with van der Waals surface area (Å²) in [6.07, 6.45) is 0. The van der Waals surface area contributed by atoms with E-state index >= 15 is 0 Å². The first kappa shape index (κ1) is 22.9. The van der Waals surface area contributed by atoms with Crippen molar-refractivity contribution in [3.8, 4) is 22.3 Å². The lowest BCUT2D eigenvalue weighted by molar-refractivity contribution is 0.0579. The molecule has 1 heterocycles. The summed E-state index contributed by atoms with van der Waals surface area (Å²) < 4.78 is 39.2. The molecule has 0 aliphatic heterocycles. The first-order valence-electron chi connectivity index (χ1n) is 10.4. The lowest BCUT2D eigenvalue weighted by atomic mass is 9.94. The van der Waals surface area contributed by atoms with E-state index in [0.717, 1.165) is 5.56 Å². The van der Waals surface area contributed by atoms with Gasteiger partial charge in [0.1, 0.15) is 23.0 Å². The molecule has 4 rings (SSSR count). The molecule has 0 aliphatic rings. The summed E-state index contributed by atoms with van der Waals surface area (Å²) in [6.45, 7) is 0.158. The number of ether oxygens (including phenoxy) is 2. The Morgan fingerprint density at radius 3 is 1.47 bits per heavy atom. The van der Waals surface area contributed by atoms with Gasteiger partial charge < -0.3 is 14.0 Å². The zero-order chi connectivity index (χ0) is 24.2. The molecule has 34 heavy (non-hydrogen) atoms. The molecule has 7 heteroatoms. The largest absolute Gasteiger partial charge is 0.464 e.